The largest absolute Gasteiger partial charge is 0.186 e. The second kappa shape index (κ2) is 2.91. The third-order valence-corrected chi connectivity index (χ3v) is 6.27. The van der Waals surface area contributed by atoms with E-state index < -0.39 is 6.62 Å². The molecule has 0 fully saturated rings. The Morgan fingerprint density at radius 2 is 1.86 bits per heavy atom. The second-order valence-corrected chi connectivity index (χ2v) is 9.11. The molecule has 0 saturated heterocycles. The van der Waals surface area contributed by atoms with Gasteiger partial charge in [0.25, 0.3) is 0 Å². The average Bonchev–Trinajstić information content (AvgIpc) is 1.68. The molecule has 0 rings (SSSR count). The van der Waals surface area contributed by atoms with E-state index in [0.29, 0.717) is 0 Å². The van der Waals surface area contributed by atoms with Gasteiger partial charge in [-0.05, 0) is 0 Å². The summed E-state index contributed by atoms with van der Waals surface area (Å²) in [5, 5.41) is 3.27. The molecule has 7 heavy (non-hydrogen) atoms. The van der Waals surface area contributed by atoms with Crippen LogP contribution in [0, 0.1) is 0 Å². The Kier molecular flexibility index (Phi) is 3.21. The van der Waals surface area contributed by atoms with Crippen molar-refractivity contribution in [3.63, 3.8) is 0 Å². The molecule has 0 unspecified atom stereocenters. The van der Waals surface area contributed by atoms with E-state index in [1.807, 2.05) is 18.4 Å². The summed E-state index contributed by atoms with van der Waals surface area (Å²) in [4.78, 5) is 0. The summed E-state index contributed by atoms with van der Waals surface area (Å²) in [5.74, 6) is 0. The highest BCUT2D eigenvalue weighted by molar-refractivity contribution is 8.61. The van der Waals surface area contributed by atoms with Crippen molar-refractivity contribution in [2.24, 2.45) is 0 Å². The van der Waals surface area contributed by atoms with Crippen molar-refractivity contribution < 1.29 is 0 Å². The topological polar surface area (TPSA) is 12.0 Å². The standard InChI is InChI=1S/C4H13NPS/c1-5-6(2,3)7-4/h5H,1-4H3/q+1. The van der Waals surface area contributed by atoms with Gasteiger partial charge in [-0.25, -0.2) is 0 Å². The first-order chi connectivity index (χ1) is 3.12. The van der Waals surface area contributed by atoms with Gasteiger partial charge in [-0.2, -0.15) is 5.09 Å². The average molecular weight is 138 g/mol. The van der Waals surface area contributed by atoms with Gasteiger partial charge >= 0.3 is 0 Å². The quantitative estimate of drug-likeness (QED) is 0.582. The highest BCUT2D eigenvalue weighted by Gasteiger charge is 2.19. The molecule has 0 bridgehead atoms. The first-order valence-electron chi connectivity index (χ1n) is 2.21. The van der Waals surface area contributed by atoms with Gasteiger partial charge in [-0.3, -0.25) is 0 Å². The van der Waals surface area contributed by atoms with Crippen LogP contribution >= 0.6 is 18.0 Å². The minimum Gasteiger partial charge on any atom is -0.186 e. The lowest BCUT2D eigenvalue weighted by atomic mass is 11.6. The molecule has 0 aromatic carbocycles. The van der Waals surface area contributed by atoms with Crippen LogP contribution < -0.4 is 5.09 Å². The number of hydrogen-bond acceptors (Lipinski definition) is 2. The molecule has 3 heteroatoms. The maximum absolute atomic E-state index is 3.27. The van der Waals surface area contributed by atoms with Crippen LogP contribution in [0.2, 0.25) is 0 Å². The van der Waals surface area contributed by atoms with Crippen LogP contribution in [0.25, 0.3) is 0 Å². The fourth-order valence-electron chi connectivity index (χ4n) is 0.0913. The van der Waals surface area contributed by atoms with Crippen LogP contribution in [0.1, 0.15) is 0 Å². The van der Waals surface area contributed by atoms with Crippen LogP contribution in [-0.2, 0) is 0 Å². The van der Waals surface area contributed by atoms with Crippen molar-refractivity contribution in [3.8, 4) is 0 Å². The van der Waals surface area contributed by atoms with Gasteiger partial charge < -0.3 is 0 Å². The van der Waals surface area contributed by atoms with Gasteiger partial charge in [-0.15, -0.1) is 0 Å². The molecule has 0 atom stereocenters. The van der Waals surface area contributed by atoms with Gasteiger partial charge in [0.05, 0.1) is 13.3 Å². The first kappa shape index (κ1) is 7.74. The maximum atomic E-state index is 3.27. The Morgan fingerprint density at radius 3 is 1.86 bits per heavy atom. The lowest BCUT2D eigenvalue weighted by Gasteiger charge is -2.09. The molecular weight excluding hydrogens is 125 g/mol. The van der Waals surface area contributed by atoms with Gasteiger partial charge in [0, 0.05) is 24.7 Å². The predicted octanol–water partition coefficient (Wildman–Crippen LogP) is 1.68. The zero-order valence-corrected chi connectivity index (χ0v) is 7.07. The molecule has 0 aromatic rings. The Hall–Kier alpha value is 0.740. The minimum atomic E-state index is -0.738. The Morgan fingerprint density at radius 1 is 1.43 bits per heavy atom. The summed E-state index contributed by atoms with van der Waals surface area (Å²) in [6.07, 6.45) is 2.14. The third kappa shape index (κ3) is 3.33. The van der Waals surface area contributed by atoms with Gasteiger partial charge in [0.15, 0.2) is 0 Å². The minimum absolute atomic E-state index is 0.738. The fraction of sp³-hybridized carbons (Fsp3) is 1.00. The highest BCUT2D eigenvalue weighted by Crippen LogP contribution is 2.57. The number of hydrogen-bond donors (Lipinski definition) is 1. The van der Waals surface area contributed by atoms with Gasteiger partial charge in [0.2, 0.25) is 0 Å². The molecule has 1 nitrogen and oxygen atoms in total. The van der Waals surface area contributed by atoms with Crippen molar-refractivity contribution in [1.29, 1.82) is 0 Å². The van der Waals surface area contributed by atoms with E-state index in [-0.39, 0.29) is 0 Å². The zero-order chi connectivity index (χ0) is 5.91. The summed E-state index contributed by atoms with van der Waals surface area (Å²) in [5.41, 5.74) is 0. The Balaban J connectivity index is 3.36. The van der Waals surface area contributed by atoms with Crippen LogP contribution in [0.3, 0.4) is 0 Å². The SMILES string of the molecule is CN[P+](C)(C)SC. The molecule has 44 valence electrons. The van der Waals surface area contributed by atoms with E-state index in [9.17, 15) is 0 Å². The molecule has 0 spiro atoms. The molecular formula is C4H13NPS+. The van der Waals surface area contributed by atoms with Gasteiger partial charge in [-0.1, -0.05) is 0 Å². The van der Waals surface area contributed by atoms with Crippen molar-refractivity contribution >= 4 is 18.0 Å². The van der Waals surface area contributed by atoms with E-state index in [0.717, 1.165) is 0 Å². The first-order valence-corrected chi connectivity index (χ1v) is 6.72. The highest BCUT2D eigenvalue weighted by atomic mass is 32.7. The van der Waals surface area contributed by atoms with Crippen molar-refractivity contribution in [2.45, 2.75) is 0 Å². The molecule has 0 aromatic heterocycles. The molecule has 0 aliphatic rings. The van der Waals surface area contributed by atoms with Crippen LogP contribution in [-0.4, -0.2) is 26.6 Å². The van der Waals surface area contributed by atoms with Gasteiger partial charge in [0.1, 0.15) is 6.62 Å². The third-order valence-electron chi connectivity index (χ3n) is 0.995. The van der Waals surface area contributed by atoms with Crippen LogP contribution in [0.15, 0.2) is 0 Å². The smallest absolute Gasteiger partial charge is 0.133 e. The van der Waals surface area contributed by atoms with E-state index in [4.69, 9.17) is 0 Å². The molecule has 0 heterocycles. The summed E-state index contributed by atoms with van der Waals surface area (Å²) < 4.78 is 0. The molecule has 0 saturated carbocycles. The number of rotatable bonds is 2. The van der Waals surface area contributed by atoms with Crippen molar-refractivity contribution in [1.82, 2.24) is 5.09 Å². The van der Waals surface area contributed by atoms with E-state index in [1.165, 1.54) is 0 Å². The molecule has 0 aliphatic heterocycles. The summed E-state index contributed by atoms with van der Waals surface area (Å²) in [6, 6.07) is 0. The normalized spacial score (nSPS) is 12.0. The van der Waals surface area contributed by atoms with Crippen molar-refractivity contribution in [3.05, 3.63) is 0 Å². The number of nitrogens with one attached hydrogen (secondary N) is 1. The predicted molar refractivity (Wildman–Crippen MR) is 41.3 cm³/mol. The summed E-state index contributed by atoms with van der Waals surface area (Å²) >= 11 is 1.93. The van der Waals surface area contributed by atoms with E-state index in [1.54, 1.807) is 0 Å². The lowest BCUT2D eigenvalue weighted by Crippen LogP contribution is -2.02. The zero-order valence-electron chi connectivity index (χ0n) is 5.36. The molecule has 0 radical (unpaired) electrons. The molecule has 1 N–H and O–H groups in total. The maximum Gasteiger partial charge on any atom is 0.133 e. The summed E-state index contributed by atoms with van der Waals surface area (Å²) in [6.45, 7) is 3.79. The molecule has 0 aliphatic carbocycles. The van der Waals surface area contributed by atoms with Crippen molar-refractivity contribution in [2.75, 3.05) is 26.6 Å². The Labute approximate surface area is 50.4 Å². The van der Waals surface area contributed by atoms with E-state index in [2.05, 4.69) is 24.7 Å². The van der Waals surface area contributed by atoms with Crippen LogP contribution in [0.5, 0.6) is 0 Å². The van der Waals surface area contributed by atoms with E-state index >= 15 is 0 Å². The fourth-order valence-corrected chi connectivity index (χ4v) is 0.822. The Bertz CT molecular complexity index is 49.7. The van der Waals surface area contributed by atoms with Crippen LogP contribution in [0.4, 0.5) is 0 Å². The summed E-state index contributed by atoms with van der Waals surface area (Å²) in [7, 11) is 2.02. The monoisotopic (exact) mass is 138 g/mol. The molecule has 0 amide bonds. The lowest BCUT2D eigenvalue weighted by molar-refractivity contribution is 1.26. The second-order valence-electron chi connectivity index (χ2n) is 1.76.